The van der Waals surface area contributed by atoms with Crippen LogP contribution in [-0.4, -0.2) is 0 Å². The molecule has 2 heteroatoms. The second-order valence-electron chi connectivity index (χ2n) is 6.42. The molecule has 0 spiro atoms. The van der Waals surface area contributed by atoms with Crippen LogP contribution in [-0.2, 0) is 0 Å². The topological polar surface area (TPSA) is 24.7 Å². The molecule has 132 valence electrons. The van der Waals surface area contributed by atoms with Crippen molar-refractivity contribution in [2.24, 2.45) is 10.2 Å². The summed E-state index contributed by atoms with van der Waals surface area (Å²) in [5.41, 5.74) is 5.77. The van der Waals surface area contributed by atoms with Crippen molar-refractivity contribution in [2.75, 3.05) is 0 Å². The highest BCUT2D eigenvalue weighted by atomic mass is 15.1. The fourth-order valence-electron chi connectivity index (χ4n) is 2.73. The van der Waals surface area contributed by atoms with Gasteiger partial charge in [0, 0.05) is 22.3 Å². The van der Waals surface area contributed by atoms with Crippen LogP contribution in [0.2, 0.25) is 0 Å². The van der Waals surface area contributed by atoms with Crippen molar-refractivity contribution in [3.8, 4) is 23.7 Å². The van der Waals surface area contributed by atoms with Gasteiger partial charge in [-0.3, -0.25) is 0 Å². The molecule has 2 nitrogen and oxygen atoms in total. The van der Waals surface area contributed by atoms with Gasteiger partial charge in [0.05, 0.1) is 11.4 Å². The summed E-state index contributed by atoms with van der Waals surface area (Å²) in [5, 5.41) is 8.59. The van der Waals surface area contributed by atoms with Crippen molar-refractivity contribution in [1.82, 2.24) is 0 Å². The predicted molar refractivity (Wildman–Crippen MR) is 114 cm³/mol. The molecule has 0 saturated heterocycles. The number of hydrogen-bond donors (Lipinski definition) is 0. The predicted octanol–water partition coefficient (Wildman–Crippen LogP) is 6.58. The lowest BCUT2D eigenvalue weighted by Crippen LogP contribution is -1.75. The quantitative estimate of drug-likeness (QED) is 0.428. The van der Waals surface area contributed by atoms with Crippen LogP contribution in [0.4, 0.5) is 11.4 Å². The Bertz CT molecular complexity index is 1130. The Morgan fingerprint density at radius 1 is 0.679 bits per heavy atom. The molecule has 0 fully saturated rings. The van der Waals surface area contributed by atoms with Gasteiger partial charge < -0.3 is 0 Å². The standard InChI is InChI=1S/C26H18N2/c1-2-6-21(5-1)9-11-23-13-17-25(18-14-23)27-28-26-19-15-24(16-20-26)12-10-22-7-3-4-8-22/h1-3,5,7-8,13-20H,4,6H2. The summed E-state index contributed by atoms with van der Waals surface area (Å²) in [5.74, 6) is 12.7. The minimum atomic E-state index is 0.801. The average molecular weight is 358 g/mol. The first-order valence-electron chi connectivity index (χ1n) is 9.23. The fourth-order valence-corrected chi connectivity index (χ4v) is 2.73. The summed E-state index contributed by atoms with van der Waals surface area (Å²) in [6, 6.07) is 15.6. The maximum Gasteiger partial charge on any atom is 0.0857 e. The fraction of sp³-hybridized carbons (Fsp3) is 0.0769. The normalized spacial score (nSPS) is 14.3. The van der Waals surface area contributed by atoms with E-state index in [-0.39, 0.29) is 0 Å². The zero-order chi connectivity index (χ0) is 19.0. The second-order valence-corrected chi connectivity index (χ2v) is 6.42. The lowest BCUT2D eigenvalue weighted by atomic mass is 10.2. The SMILES string of the molecule is C(#Cc1ccc(N=Nc2ccc(C#CC3=CC=CC3)cc2)cc1)C1=CCC=C1. The molecule has 0 radical (unpaired) electrons. The highest BCUT2D eigenvalue weighted by molar-refractivity contribution is 5.51. The molecule has 0 unspecified atom stereocenters. The van der Waals surface area contributed by atoms with E-state index < -0.39 is 0 Å². The maximum atomic E-state index is 4.30. The van der Waals surface area contributed by atoms with E-state index in [2.05, 4.69) is 64.3 Å². The largest absolute Gasteiger partial charge is 0.151 e. The summed E-state index contributed by atoms with van der Waals surface area (Å²) in [6.07, 6.45) is 14.4. The Balaban J connectivity index is 1.37. The van der Waals surface area contributed by atoms with Gasteiger partial charge >= 0.3 is 0 Å². The third-order valence-corrected chi connectivity index (χ3v) is 4.28. The second kappa shape index (κ2) is 8.67. The number of allylic oxidation sites excluding steroid dienone is 8. The van der Waals surface area contributed by atoms with Crippen LogP contribution in [0.3, 0.4) is 0 Å². The number of benzene rings is 2. The van der Waals surface area contributed by atoms with Gasteiger partial charge in [-0.25, -0.2) is 0 Å². The van der Waals surface area contributed by atoms with Gasteiger partial charge in [0.25, 0.3) is 0 Å². The number of nitrogens with zero attached hydrogens (tertiary/aromatic N) is 2. The van der Waals surface area contributed by atoms with E-state index in [1.165, 1.54) is 0 Å². The first kappa shape index (κ1) is 17.5. The molecule has 0 N–H and O–H groups in total. The van der Waals surface area contributed by atoms with Crippen LogP contribution in [0.5, 0.6) is 0 Å². The highest BCUT2D eigenvalue weighted by Gasteiger charge is 1.96. The Labute approximate surface area is 165 Å². The molecule has 2 aliphatic carbocycles. The van der Waals surface area contributed by atoms with Crippen LogP contribution >= 0.6 is 0 Å². The molecule has 2 aliphatic rings. The molecule has 0 bridgehead atoms. The summed E-state index contributed by atoms with van der Waals surface area (Å²) < 4.78 is 0. The summed E-state index contributed by atoms with van der Waals surface area (Å²) >= 11 is 0. The van der Waals surface area contributed by atoms with Gasteiger partial charge in [-0.1, -0.05) is 60.1 Å². The minimum Gasteiger partial charge on any atom is -0.151 e. The molecule has 0 amide bonds. The first-order chi connectivity index (χ1) is 13.8. The van der Waals surface area contributed by atoms with Gasteiger partial charge in [0.1, 0.15) is 0 Å². The number of hydrogen-bond acceptors (Lipinski definition) is 2. The van der Waals surface area contributed by atoms with Gasteiger partial charge in [0.15, 0.2) is 0 Å². The van der Waals surface area contributed by atoms with E-state index in [1.807, 2.05) is 54.6 Å². The lowest BCUT2D eigenvalue weighted by Gasteiger charge is -1.95. The Morgan fingerprint density at radius 2 is 1.32 bits per heavy atom. The van der Waals surface area contributed by atoms with Crippen molar-refractivity contribution in [3.63, 3.8) is 0 Å². The zero-order valence-electron chi connectivity index (χ0n) is 15.4. The maximum absolute atomic E-state index is 4.30. The zero-order valence-corrected chi connectivity index (χ0v) is 15.4. The molecular formula is C26H18N2. The summed E-state index contributed by atoms with van der Waals surface area (Å²) in [7, 11) is 0. The van der Waals surface area contributed by atoms with Gasteiger partial charge in [-0.05, 0) is 61.4 Å². The summed E-state index contributed by atoms with van der Waals surface area (Å²) in [4.78, 5) is 0. The van der Waals surface area contributed by atoms with Crippen LogP contribution < -0.4 is 0 Å². The molecule has 4 rings (SSSR count). The molecule has 28 heavy (non-hydrogen) atoms. The average Bonchev–Trinajstić information content (AvgIpc) is 3.45. The van der Waals surface area contributed by atoms with Crippen molar-refractivity contribution in [3.05, 3.63) is 107 Å². The molecule has 0 atom stereocenters. The van der Waals surface area contributed by atoms with Gasteiger partial charge in [0.2, 0.25) is 0 Å². The Kier molecular flexibility index (Phi) is 5.43. The number of azo groups is 1. The molecule has 0 aromatic heterocycles. The van der Waals surface area contributed by atoms with Crippen molar-refractivity contribution in [1.29, 1.82) is 0 Å². The van der Waals surface area contributed by atoms with Crippen molar-refractivity contribution >= 4 is 11.4 Å². The molecule has 2 aromatic rings. The van der Waals surface area contributed by atoms with E-state index in [0.29, 0.717) is 0 Å². The van der Waals surface area contributed by atoms with Crippen LogP contribution in [0.25, 0.3) is 0 Å². The Hall–Kier alpha value is -3.88. The molecular weight excluding hydrogens is 340 g/mol. The third-order valence-electron chi connectivity index (χ3n) is 4.28. The van der Waals surface area contributed by atoms with E-state index in [1.54, 1.807) is 0 Å². The van der Waals surface area contributed by atoms with Crippen LogP contribution in [0, 0.1) is 23.7 Å². The summed E-state index contributed by atoms with van der Waals surface area (Å²) in [6.45, 7) is 0. The number of rotatable bonds is 2. The third kappa shape index (κ3) is 4.85. The van der Waals surface area contributed by atoms with E-state index in [4.69, 9.17) is 0 Å². The van der Waals surface area contributed by atoms with Gasteiger partial charge in [-0.2, -0.15) is 10.2 Å². The highest BCUT2D eigenvalue weighted by Crippen LogP contribution is 2.19. The van der Waals surface area contributed by atoms with Crippen molar-refractivity contribution in [2.45, 2.75) is 12.8 Å². The van der Waals surface area contributed by atoms with Crippen LogP contribution in [0.1, 0.15) is 24.0 Å². The molecule has 2 aromatic carbocycles. The van der Waals surface area contributed by atoms with E-state index in [9.17, 15) is 0 Å². The Morgan fingerprint density at radius 3 is 1.86 bits per heavy atom. The molecule has 0 saturated carbocycles. The molecule has 0 heterocycles. The smallest absolute Gasteiger partial charge is 0.0857 e. The van der Waals surface area contributed by atoms with Gasteiger partial charge in [-0.15, -0.1) is 0 Å². The van der Waals surface area contributed by atoms with E-state index >= 15 is 0 Å². The lowest BCUT2D eigenvalue weighted by molar-refractivity contribution is 1.23. The first-order valence-corrected chi connectivity index (χ1v) is 9.23. The molecule has 0 aliphatic heterocycles. The van der Waals surface area contributed by atoms with E-state index in [0.717, 1.165) is 46.5 Å². The minimum absolute atomic E-state index is 0.801. The van der Waals surface area contributed by atoms with Crippen molar-refractivity contribution < 1.29 is 0 Å². The van der Waals surface area contributed by atoms with Crippen LogP contribution in [0.15, 0.2) is 106 Å². The monoisotopic (exact) mass is 358 g/mol.